The van der Waals surface area contributed by atoms with Crippen molar-refractivity contribution in [3.8, 4) is 0 Å². The van der Waals surface area contributed by atoms with Gasteiger partial charge in [0, 0.05) is 19.7 Å². The summed E-state index contributed by atoms with van der Waals surface area (Å²) in [5.74, 6) is 0.876. The maximum Gasteiger partial charge on any atom is 0.163 e. The van der Waals surface area contributed by atoms with Gasteiger partial charge in [0.25, 0.3) is 0 Å². The smallest absolute Gasteiger partial charge is 0.163 e. The van der Waals surface area contributed by atoms with Gasteiger partial charge in [-0.1, -0.05) is 13.8 Å². The van der Waals surface area contributed by atoms with Crippen molar-refractivity contribution in [2.45, 2.75) is 51.2 Å². The largest absolute Gasteiger partial charge is 0.375 e. The van der Waals surface area contributed by atoms with Gasteiger partial charge in [0.15, 0.2) is 5.65 Å². The van der Waals surface area contributed by atoms with E-state index in [0.717, 1.165) is 49.1 Å². The first-order chi connectivity index (χ1) is 10.2. The molecule has 0 saturated carbocycles. The third-order valence-electron chi connectivity index (χ3n) is 4.65. The predicted octanol–water partition coefficient (Wildman–Crippen LogP) is 2.51. The Morgan fingerprint density at radius 1 is 1.38 bits per heavy atom. The van der Waals surface area contributed by atoms with Gasteiger partial charge in [-0.25, -0.2) is 9.97 Å². The van der Waals surface area contributed by atoms with E-state index in [-0.39, 0.29) is 5.60 Å². The van der Waals surface area contributed by atoms with Gasteiger partial charge in [-0.2, -0.15) is 5.10 Å². The van der Waals surface area contributed by atoms with E-state index in [1.54, 1.807) is 11.0 Å². The Balaban J connectivity index is 1.82. The number of anilines is 1. The first kappa shape index (κ1) is 14.3. The van der Waals surface area contributed by atoms with Crippen LogP contribution in [-0.4, -0.2) is 38.0 Å². The Hall–Kier alpha value is -1.69. The molecule has 1 saturated heterocycles. The van der Waals surface area contributed by atoms with E-state index in [2.05, 4.69) is 34.2 Å². The second-order valence-electron chi connectivity index (χ2n) is 5.80. The Kier molecular flexibility index (Phi) is 3.80. The fourth-order valence-electron chi connectivity index (χ4n) is 3.16. The van der Waals surface area contributed by atoms with E-state index in [4.69, 9.17) is 4.74 Å². The van der Waals surface area contributed by atoms with E-state index in [9.17, 15) is 0 Å². The maximum absolute atomic E-state index is 6.03. The summed E-state index contributed by atoms with van der Waals surface area (Å²) in [6.45, 7) is 5.21. The molecule has 1 atom stereocenters. The molecule has 0 radical (unpaired) electrons. The molecular formula is C15H23N5O. The van der Waals surface area contributed by atoms with Crippen LogP contribution >= 0.6 is 0 Å². The van der Waals surface area contributed by atoms with Crippen LogP contribution in [-0.2, 0) is 11.8 Å². The summed E-state index contributed by atoms with van der Waals surface area (Å²) in [6, 6.07) is 0.386. The van der Waals surface area contributed by atoms with Gasteiger partial charge in [0.05, 0.1) is 17.2 Å². The molecule has 1 fully saturated rings. The first-order valence-corrected chi connectivity index (χ1v) is 7.70. The van der Waals surface area contributed by atoms with E-state index in [0.29, 0.717) is 6.04 Å². The summed E-state index contributed by atoms with van der Waals surface area (Å²) in [4.78, 5) is 8.68. The van der Waals surface area contributed by atoms with Crippen LogP contribution in [0, 0.1) is 0 Å². The SMILES string of the molecule is CCC1(CC)CC(Nc2ncnc3c2cnn3C)CCO1. The minimum absolute atomic E-state index is 0.0109. The molecule has 2 aromatic rings. The van der Waals surface area contributed by atoms with Gasteiger partial charge in [-0.15, -0.1) is 0 Å². The Morgan fingerprint density at radius 3 is 2.95 bits per heavy atom. The molecule has 2 aromatic heterocycles. The maximum atomic E-state index is 6.03. The molecule has 0 aromatic carbocycles. The standard InChI is InChI=1S/C15H23N5O/c1-4-15(5-2)8-11(6-7-21-15)19-13-12-9-18-20(3)14(12)17-10-16-13/h9-11H,4-8H2,1-3H3,(H,16,17,19). The lowest BCUT2D eigenvalue weighted by atomic mass is 9.86. The highest BCUT2D eigenvalue weighted by Gasteiger charge is 2.34. The number of aromatic nitrogens is 4. The number of nitrogens with zero attached hydrogens (tertiary/aromatic N) is 4. The lowest BCUT2D eigenvalue weighted by molar-refractivity contribution is -0.0864. The molecule has 3 rings (SSSR count). The first-order valence-electron chi connectivity index (χ1n) is 7.70. The monoisotopic (exact) mass is 289 g/mol. The zero-order chi connectivity index (χ0) is 14.9. The van der Waals surface area contributed by atoms with Crippen molar-refractivity contribution in [1.29, 1.82) is 0 Å². The van der Waals surface area contributed by atoms with Gasteiger partial charge >= 0.3 is 0 Å². The minimum Gasteiger partial charge on any atom is -0.375 e. The summed E-state index contributed by atoms with van der Waals surface area (Å²) in [5, 5.41) is 8.81. The Bertz CT molecular complexity index is 620. The minimum atomic E-state index is 0.0109. The molecule has 0 bridgehead atoms. The molecule has 0 amide bonds. The average Bonchev–Trinajstić information content (AvgIpc) is 2.90. The topological polar surface area (TPSA) is 64.9 Å². The van der Waals surface area contributed by atoms with Gasteiger partial charge in [0.2, 0.25) is 0 Å². The van der Waals surface area contributed by atoms with Crippen molar-refractivity contribution in [2.75, 3.05) is 11.9 Å². The molecule has 3 heterocycles. The van der Waals surface area contributed by atoms with Crippen molar-refractivity contribution in [3.05, 3.63) is 12.5 Å². The fraction of sp³-hybridized carbons (Fsp3) is 0.667. The predicted molar refractivity (Wildman–Crippen MR) is 82.2 cm³/mol. The fourth-order valence-corrected chi connectivity index (χ4v) is 3.16. The number of hydrogen-bond donors (Lipinski definition) is 1. The molecule has 21 heavy (non-hydrogen) atoms. The number of aryl methyl sites for hydroxylation is 1. The van der Waals surface area contributed by atoms with Crippen LogP contribution in [0.2, 0.25) is 0 Å². The van der Waals surface area contributed by atoms with Gasteiger partial charge < -0.3 is 10.1 Å². The van der Waals surface area contributed by atoms with Crippen LogP contribution < -0.4 is 5.32 Å². The molecule has 6 heteroatoms. The molecule has 0 aliphatic carbocycles. The Labute approximate surface area is 124 Å². The molecule has 114 valence electrons. The zero-order valence-electron chi connectivity index (χ0n) is 13.0. The number of nitrogens with one attached hydrogen (secondary N) is 1. The number of fused-ring (bicyclic) bond motifs is 1. The van der Waals surface area contributed by atoms with E-state index in [1.165, 1.54) is 0 Å². The van der Waals surface area contributed by atoms with E-state index < -0.39 is 0 Å². The highest BCUT2D eigenvalue weighted by Crippen LogP contribution is 2.33. The van der Waals surface area contributed by atoms with Gasteiger partial charge in [-0.05, 0) is 25.7 Å². The summed E-state index contributed by atoms with van der Waals surface area (Å²) < 4.78 is 7.81. The molecule has 6 nitrogen and oxygen atoms in total. The summed E-state index contributed by atoms with van der Waals surface area (Å²) >= 11 is 0. The van der Waals surface area contributed by atoms with E-state index >= 15 is 0 Å². The molecule has 1 unspecified atom stereocenters. The van der Waals surface area contributed by atoms with E-state index in [1.807, 2.05) is 13.2 Å². The molecule has 1 N–H and O–H groups in total. The van der Waals surface area contributed by atoms with Gasteiger partial charge in [-0.3, -0.25) is 4.68 Å². The van der Waals surface area contributed by atoms with Crippen LogP contribution in [0.15, 0.2) is 12.5 Å². The summed E-state index contributed by atoms with van der Waals surface area (Å²) in [5.41, 5.74) is 0.869. The summed E-state index contributed by atoms with van der Waals surface area (Å²) in [7, 11) is 1.90. The second kappa shape index (κ2) is 5.60. The quantitative estimate of drug-likeness (QED) is 0.937. The highest BCUT2D eigenvalue weighted by molar-refractivity contribution is 5.86. The van der Waals surface area contributed by atoms with Crippen molar-refractivity contribution in [2.24, 2.45) is 7.05 Å². The number of hydrogen-bond acceptors (Lipinski definition) is 5. The third-order valence-corrected chi connectivity index (χ3v) is 4.65. The van der Waals surface area contributed by atoms with Crippen molar-refractivity contribution >= 4 is 16.9 Å². The van der Waals surface area contributed by atoms with Crippen LogP contribution in [0.4, 0.5) is 5.82 Å². The zero-order valence-corrected chi connectivity index (χ0v) is 13.0. The van der Waals surface area contributed by atoms with Crippen molar-refractivity contribution < 1.29 is 4.74 Å². The van der Waals surface area contributed by atoms with Crippen LogP contribution in [0.5, 0.6) is 0 Å². The third kappa shape index (κ3) is 2.60. The Morgan fingerprint density at radius 2 is 2.19 bits per heavy atom. The van der Waals surface area contributed by atoms with Gasteiger partial charge in [0.1, 0.15) is 12.1 Å². The summed E-state index contributed by atoms with van der Waals surface area (Å²) in [6.07, 6.45) is 7.54. The van der Waals surface area contributed by atoms with Crippen LogP contribution in [0.1, 0.15) is 39.5 Å². The van der Waals surface area contributed by atoms with Crippen molar-refractivity contribution in [3.63, 3.8) is 0 Å². The average molecular weight is 289 g/mol. The van der Waals surface area contributed by atoms with Crippen LogP contribution in [0.3, 0.4) is 0 Å². The highest BCUT2D eigenvalue weighted by atomic mass is 16.5. The molecule has 1 aliphatic heterocycles. The normalized spacial score (nSPS) is 21.6. The number of ether oxygens (including phenoxy) is 1. The molecule has 0 spiro atoms. The number of rotatable bonds is 4. The lowest BCUT2D eigenvalue weighted by Crippen LogP contribution is -2.43. The second-order valence-corrected chi connectivity index (χ2v) is 5.80. The van der Waals surface area contributed by atoms with Crippen LogP contribution in [0.25, 0.3) is 11.0 Å². The molecular weight excluding hydrogens is 266 g/mol. The lowest BCUT2D eigenvalue weighted by Gasteiger charge is -2.40. The molecule has 1 aliphatic rings. The van der Waals surface area contributed by atoms with Crippen molar-refractivity contribution in [1.82, 2.24) is 19.7 Å².